The molecule has 0 aromatic heterocycles. The molecule has 76 valence electrons. The van der Waals surface area contributed by atoms with Gasteiger partial charge in [-0.3, -0.25) is 4.90 Å². The molecule has 0 radical (unpaired) electrons. The monoisotopic (exact) mass is 187 g/mol. The van der Waals surface area contributed by atoms with Crippen LogP contribution in [-0.2, 0) is 0 Å². The molecule has 0 aromatic rings. The first-order valence-electron chi connectivity index (χ1n) is 4.91. The Morgan fingerprint density at radius 3 is 2.54 bits per heavy atom. The molecule has 0 spiro atoms. The van der Waals surface area contributed by atoms with E-state index >= 15 is 0 Å². The first kappa shape index (κ1) is 9.40. The molecule has 4 nitrogen and oxygen atoms in total. The second kappa shape index (κ2) is 3.20. The molecule has 0 amide bonds. The smallest absolute Gasteiger partial charge is 0.0991 e. The van der Waals surface area contributed by atoms with Crippen molar-refractivity contribution in [1.82, 2.24) is 4.90 Å². The minimum Gasteiger partial charge on any atom is -0.395 e. The zero-order valence-electron chi connectivity index (χ0n) is 7.80. The van der Waals surface area contributed by atoms with Gasteiger partial charge >= 0.3 is 0 Å². The molecular formula is C9H17NO3. The Hall–Kier alpha value is -0.160. The van der Waals surface area contributed by atoms with Gasteiger partial charge in [0, 0.05) is 12.1 Å². The van der Waals surface area contributed by atoms with Crippen LogP contribution in [0.1, 0.15) is 19.8 Å². The second-order valence-corrected chi connectivity index (χ2v) is 4.17. The minimum atomic E-state index is -0.780. The van der Waals surface area contributed by atoms with Crippen molar-refractivity contribution in [3.05, 3.63) is 0 Å². The minimum absolute atomic E-state index is 0.0575. The summed E-state index contributed by atoms with van der Waals surface area (Å²) in [6.07, 6.45) is 0.515. The van der Waals surface area contributed by atoms with Gasteiger partial charge in [0.05, 0.1) is 24.9 Å². The van der Waals surface area contributed by atoms with Crippen LogP contribution in [0.4, 0.5) is 0 Å². The molecule has 0 bridgehead atoms. The molecule has 2 saturated heterocycles. The Balaban J connectivity index is 2.20. The van der Waals surface area contributed by atoms with Gasteiger partial charge < -0.3 is 15.3 Å². The van der Waals surface area contributed by atoms with E-state index in [0.29, 0.717) is 6.04 Å². The van der Waals surface area contributed by atoms with E-state index in [0.717, 1.165) is 12.8 Å². The van der Waals surface area contributed by atoms with E-state index in [4.69, 9.17) is 5.11 Å². The Labute approximate surface area is 77.8 Å². The summed E-state index contributed by atoms with van der Waals surface area (Å²) >= 11 is 0. The van der Waals surface area contributed by atoms with Crippen molar-refractivity contribution in [1.29, 1.82) is 0 Å². The zero-order chi connectivity index (χ0) is 9.59. The Bertz CT molecular complexity index is 197. The molecule has 4 heteroatoms. The lowest BCUT2D eigenvalue weighted by molar-refractivity contribution is 0.0132. The lowest BCUT2D eigenvalue weighted by Gasteiger charge is -2.27. The van der Waals surface area contributed by atoms with Crippen LogP contribution in [0.25, 0.3) is 0 Å². The molecule has 2 aliphatic rings. The fourth-order valence-electron chi connectivity index (χ4n) is 2.79. The third-order valence-corrected chi connectivity index (χ3v) is 3.48. The van der Waals surface area contributed by atoms with Crippen LogP contribution in [0.15, 0.2) is 0 Å². The molecule has 2 fully saturated rings. The summed E-state index contributed by atoms with van der Waals surface area (Å²) in [6, 6.07) is 0.161. The molecule has 0 aromatic carbocycles. The first-order valence-corrected chi connectivity index (χ1v) is 4.91. The summed E-state index contributed by atoms with van der Waals surface area (Å²) in [4.78, 5) is 2.06. The van der Waals surface area contributed by atoms with Gasteiger partial charge in [0.1, 0.15) is 0 Å². The molecule has 0 aliphatic carbocycles. The first-order chi connectivity index (χ1) is 6.16. The molecule has 3 N–H and O–H groups in total. The van der Waals surface area contributed by atoms with Gasteiger partial charge in [-0.2, -0.15) is 0 Å². The number of nitrogens with zero attached hydrogens (tertiary/aromatic N) is 1. The fraction of sp³-hybridized carbons (Fsp3) is 1.00. The van der Waals surface area contributed by atoms with Gasteiger partial charge in [-0.15, -0.1) is 0 Å². The quantitative estimate of drug-likeness (QED) is 0.489. The Kier molecular flexibility index (Phi) is 2.32. The molecular weight excluding hydrogens is 170 g/mol. The molecule has 2 aliphatic heterocycles. The summed E-state index contributed by atoms with van der Waals surface area (Å²) in [6.45, 7) is 2.01. The third-order valence-electron chi connectivity index (χ3n) is 3.48. The number of rotatable bonds is 1. The van der Waals surface area contributed by atoms with Crippen molar-refractivity contribution in [3.63, 3.8) is 0 Å². The van der Waals surface area contributed by atoms with Gasteiger partial charge in [0.2, 0.25) is 0 Å². The highest BCUT2D eigenvalue weighted by Crippen LogP contribution is 2.36. The van der Waals surface area contributed by atoms with E-state index in [1.807, 2.05) is 0 Å². The number of fused-ring (bicyclic) bond motifs is 1. The molecule has 13 heavy (non-hydrogen) atoms. The van der Waals surface area contributed by atoms with Gasteiger partial charge in [0.15, 0.2) is 0 Å². The van der Waals surface area contributed by atoms with Crippen LogP contribution in [0, 0.1) is 0 Å². The van der Waals surface area contributed by atoms with Crippen molar-refractivity contribution in [2.24, 2.45) is 0 Å². The van der Waals surface area contributed by atoms with E-state index in [-0.39, 0.29) is 18.7 Å². The van der Waals surface area contributed by atoms with Crippen molar-refractivity contribution in [3.8, 4) is 0 Å². The van der Waals surface area contributed by atoms with Gasteiger partial charge in [-0.05, 0) is 19.8 Å². The maximum absolute atomic E-state index is 9.68. The van der Waals surface area contributed by atoms with Crippen LogP contribution >= 0.6 is 0 Å². The maximum atomic E-state index is 9.68. The largest absolute Gasteiger partial charge is 0.395 e. The Morgan fingerprint density at radius 1 is 1.23 bits per heavy atom. The topological polar surface area (TPSA) is 63.9 Å². The van der Waals surface area contributed by atoms with E-state index in [2.05, 4.69) is 11.8 Å². The standard InChI is InChI=1S/C9H17NO3/c1-5-2-3-6-8(12)9(13)7(4-11)10(5)6/h5-9,11-13H,2-4H2,1H3/t5-,6+,7+,8+,9-/m0/s1. The zero-order valence-corrected chi connectivity index (χ0v) is 7.80. The van der Waals surface area contributed by atoms with E-state index < -0.39 is 12.2 Å². The van der Waals surface area contributed by atoms with Crippen molar-refractivity contribution in [2.45, 2.75) is 50.1 Å². The van der Waals surface area contributed by atoms with Crippen LogP contribution < -0.4 is 0 Å². The third kappa shape index (κ3) is 1.21. The number of aliphatic hydroxyl groups is 3. The summed E-state index contributed by atoms with van der Waals surface area (Å²) in [7, 11) is 0. The Morgan fingerprint density at radius 2 is 1.92 bits per heavy atom. The van der Waals surface area contributed by atoms with Crippen molar-refractivity contribution >= 4 is 0 Å². The van der Waals surface area contributed by atoms with Gasteiger partial charge in [0.25, 0.3) is 0 Å². The number of aliphatic hydroxyl groups excluding tert-OH is 3. The van der Waals surface area contributed by atoms with Crippen molar-refractivity contribution < 1.29 is 15.3 Å². The molecule has 0 unspecified atom stereocenters. The van der Waals surface area contributed by atoms with E-state index in [1.54, 1.807) is 0 Å². The summed E-state index contributed by atoms with van der Waals surface area (Å²) < 4.78 is 0. The van der Waals surface area contributed by atoms with Gasteiger partial charge in [-0.25, -0.2) is 0 Å². The summed E-state index contributed by atoms with van der Waals surface area (Å²) in [5, 5.41) is 28.4. The summed E-state index contributed by atoms with van der Waals surface area (Å²) in [5.74, 6) is 0. The lowest BCUT2D eigenvalue weighted by Crippen LogP contribution is -2.42. The van der Waals surface area contributed by atoms with E-state index in [1.165, 1.54) is 0 Å². The van der Waals surface area contributed by atoms with Crippen LogP contribution in [0.2, 0.25) is 0 Å². The number of hydrogen-bond donors (Lipinski definition) is 3. The van der Waals surface area contributed by atoms with Crippen molar-refractivity contribution in [2.75, 3.05) is 6.61 Å². The number of hydrogen-bond acceptors (Lipinski definition) is 4. The van der Waals surface area contributed by atoms with Crippen LogP contribution in [0.5, 0.6) is 0 Å². The molecule has 2 heterocycles. The molecule has 5 atom stereocenters. The SMILES string of the molecule is C[C@H]1CC[C@@H]2[C@@H](O)[C@@H](O)[C@@H](CO)N21. The highest BCUT2D eigenvalue weighted by Gasteiger charge is 2.51. The predicted molar refractivity (Wildman–Crippen MR) is 47.2 cm³/mol. The average molecular weight is 187 g/mol. The molecule has 2 rings (SSSR count). The lowest BCUT2D eigenvalue weighted by atomic mass is 10.0. The fourth-order valence-corrected chi connectivity index (χ4v) is 2.79. The predicted octanol–water partition coefficient (Wildman–Crippen LogP) is -1.06. The average Bonchev–Trinajstić information content (AvgIpc) is 2.58. The molecule has 0 saturated carbocycles. The highest BCUT2D eigenvalue weighted by atomic mass is 16.3. The highest BCUT2D eigenvalue weighted by molar-refractivity contribution is 5.05. The van der Waals surface area contributed by atoms with Crippen LogP contribution in [0.3, 0.4) is 0 Å². The van der Waals surface area contributed by atoms with Crippen LogP contribution in [-0.4, -0.2) is 57.2 Å². The maximum Gasteiger partial charge on any atom is 0.0991 e. The summed E-state index contributed by atoms with van der Waals surface area (Å²) in [5.41, 5.74) is 0. The van der Waals surface area contributed by atoms with E-state index in [9.17, 15) is 10.2 Å². The normalized spacial score (nSPS) is 51.2. The van der Waals surface area contributed by atoms with Gasteiger partial charge in [-0.1, -0.05) is 0 Å². The second-order valence-electron chi connectivity index (χ2n) is 4.17.